The largest absolute Gasteiger partial charge is 0.310 e. The maximum Gasteiger partial charge on any atom is 0.0719 e. The quantitative estimate of drug-likeness (QED) is 0.162. The minimum atomic E-state index is -0.436. The van der Waals surface area contributed by atoms with Gasteiger partial charge in [-0.15, -0.1) is 0 Å². The third kappa shape index (κ3) is 5.55. The highest BCUT2D eigenvalue weighted by Gasteiger charge is 2.53. The zero-order chi connectivity index (χ0) is 44.0. The number of hydrogen-bond donors (Lipinski definition) is 0. The van der Waals surface area contributed by atoms with E-state index in [0.717, 1.165) is 22.7 Å². The van der Waals surface area contributed by atoms with Crippen molar-refractivity contribution in [2.75, 3.05) is 4.90 Å². The lowest BCUT2D eigenvalue weighted by atomic mass is 9.55. The average Bonchev–Trinajstić information content (AvgIpc) is 3.87. The Morgan fingerprint density at radius 1 is 0.318 bits per heavy atom. The molecule has 1 aromatic heterocycles. The summed E-state index contributed by atoms with van der Waals surface area (Å²) < 4.78 is 2.40. The number of benzene rings is 10. The molecule has 0 amide bonds. The van der Waals surface area contributed by atoms with Crippen LogP contribution in [-0.2, 0) is 10.8 Å². The van der Waals surface area contributed by atoms with E-state index in [9.17, 15) is 0 Å². The lowest BCUT2D eigenvalue weighted by molar-refractivity contribution is 0.563. The van der Waals surface area contributed by atoms with Crippen molar-refractivity contribution in [2.45, 2.75) is 24.7 Å². The van der Waals surface area contributed by atoms with Gasteiger partial charge < -0.3 is 9.47 Å². The Kier molecular flexibility index (Phi) is 8.51. The third-order valence-electron chi connectivity index (χ3n) is 14.7. The van der Waals surface area contributed by atoms with Crippen LogP contribution in [0.15, 0.2) is 243 Å². The van der Waals surface area contributed by atoms with Crippen LogP contribution in [-0.4, -0.2) is 4.57 Å². The fourth-order valence-electron chi connectivity index (χ4n) is 11.7. The highest BCUT2D eigenvalue weighted by atomic mass is 15.1. The molecule has 1 heterocycles. The van der Waals surface area contributed by atoms with Crippen molar-refractivity contribution in [3.63, 3.8) is 0 Å². The zero-order valence-electron chi connectivity index (χ0n) is 37.0. The fraction of sp³-hybridized carbons (Fsp3) is 0.0625. The van der Waals surface area contributed by atoms with Crippen molar-refractivity contribution < 1.29 is 0 Å². The lowest BCUT2D eigenvalue weighted by Gasteiger charge is -2.46. The number of para-hydroxylation sites is 2. The summed E-state index contributed by atoms with van der Waals surface area (Å²) in [7, 11) is 0. The predicted octanol–water partition coefficient (Wildman–Crippen LogP) is 16.6. The highest BCUT2D eigenvalue weighted by molar-refractivity contribution is 6.10. The minimum Gasteiger partial charge on any atom is -0.310 e. The van der Waals surface area contributed by atoms with E-state index in [1.807, 2.05) is 0 Å². The standard InChI is InChI=1S/C64H46N2/c1-63(2)56-24-12-14-26-58(56)64(59-27-15-13-25-57(59)63)55-23-11-9-21-51(55)52-39-33-46(41-60(52)64)45-31-36-49(37-32-45)65(48-34-29-44(30-35-48)43-17-5-3-6-18-43)50-38-40-54-53-22-10-16-28-61(53)66(62(54)42-50)47-19-7-4-8-20-47/h3-42H,1-2H3. The van der Waals surface area contributed by atoms with E-state index in [1.54, 1.807) is 0 Å². The molecule has 0 atom stereocenters. The summed E-state index contributed by atoms with van der Waals surface area (Å²) in [6, 6.07) is 89.9. The average molecular weight is 843 g/mol. The van der Waals surface area contributed by atoms with E-state index >= 15 is 0 Å². The molecule has 0 saturated heterocycles. The van der Waals surface area contributed by atoms with Crippen LogP contribution >= 0.6 is 0 Å². The SMILES string of the molecule is CC1(C)c2ccccc2C2(c3ccccc3-c3ccc(-c4ccc(N(c5ccc(-c6ccccc6)cc5)c5ccc6c7ccccc7n(-c7ccccc7)c6c5)cc4)cc32)c2ccccc21. The Labute approximate surface area is 386 Å². The molecule has 0 fully saturated rings. The van der Waals surface area contributed by atoms with E-state index in [-0.39, 0.29) is 5.41 Å². The monoisotopic (exact) mass is 842 g/mol. The van der Waals surface area contributed by atoms with E-state index in [1.165, 1.54) is 88.6 Å². The Balaban J connectivity index is 0.966. The number of anilines is 3. The molecule has 2 aliphatic carbocycles. The molecule has 1 spiro atoms. The molecule has 2 heteroatoms. The molecule has 66 heavy (non-hydrogen) atoms. The molecule has 10 aromatic carbocycles. The summed E-state index contributed by atoms with van der Waals surface area (Å²) in [5.41, 5.74) is 21.9. The molecule has 0 N–H and O–H groups in total. The zero-order valence-corrected chi connectivity index (χ0v) is 37.0. The molecule has 0 unspecified atom stereocenters. The normalized spacial score (nSPS) is 13.8. The van der Waals surface area contributed by atoms with Crippen molar-refractivity contribution in [3.05, 3.63) is 276 Å². The van der Waals surface area contributed by atoms with Gasteiger partial charge in [0, 0.05) is 38.9 Å². The second kappa shape index (κ2) is 14.7. The molecule has 0 radical (unpaired) electrons. The van der Waals surface area contributed by atoms with Crippen molar-refractivity contribution >= 4 is 38.9 Å². The van der Waals surface area contributed by atoms with Gasteiger partial charge in [-0.05, 0) is 127 Å². The van der Waals surface area contributed by atoms with Crippen molar-refractivity contribution in [1.29, 1.82) is 0 Å². The molecular formula is C64H46N2. The van der Waals surface area contributed by atoms with Gasteiger partial charge in [-0.1, -0.05) is 196 Å². The smallest absolute Gasteiger partial charge is 0.0719 e. The third-order valence-corrected chi connectivity index (χ3v) is 14.7. The molecule has 312 valence electrons. The molecule has 2 aliphatic rings. The summed E-state index contributed by atoms with van der Waals surface area (Å²) in [4.78, 5) is 2.40. The molecule has 0 aliphatic heterocycles. The van der Waals surface area contributed by atoms with Crippen LogP contribution in [0.25, 0.3) is 60.9 Å². The first-order valence-corrected chi connectivity index (χ1v) is 23.1. The summed E-state index contributed by atoms with van der Waals surface area (Å²) in [5.74, 6) is 0. The molecule has 0 bridgehead atoms. The Morgan fingerprint density at radius 3 is 1.45 bits per heavy atom. The van der Waals surface area contributed by atoms with E-state index in [4.69, 9.17) is 0 Å². The summed E-state index contributed by atoms with van der Waals surface area (Å²) in [6.07, 6.45) is 0. The second-order valence-corrected chi connectivity index (χ2v) is 18.5. The van der Waals surface area contributed by atoms with Crippen LogP contribution in [0.1, 0.15) is 47.2 Å². The van der Waals surface area contributed by atoms with Gasteiger partial charge in [-0.3, -0.25) is 0 Å². The van der Waals surface area contributed by atoms with Gasteiger partial charge in [-0.2, -0.15) is 0 Å². The molecule has 13 rings (SSSR count). The van der Waals surface area contributed by atoms with Crippen LogP contribution in [0.4, 0.5) is 17.1 Å². The van der Waals surface area contributed by atoms with Gasteiger partial charge in [0.05, 0.1) is 16.4 Å². The van der Waals surface area contributed by atoms with Gasteiger partial charge >= 0.3 is 0 Å². The topological polar surface area (TPSA) is 8.17 Å². The molecular weight excluding hydrogens is 797 g/mol. The Hall–Kier alpha value is -8.20. The van der Waals surface area contributed by atoms with Gasteiger partial charge in [0.2, 0.25) is 0 Å². The number of aromatic nitrogens is 1. The summed E-state index contributed by atoms with van der Waals surface area (Å²) >= 11 is 0. The Bertz CT molecular complexity index is 3600. The second-order valence-electron chi connectivity index (χ2n) is 18.5. The predicted molar refractivity (Wildman–Crippen MR) is 276 cm³/mol. The number of rotatable bonds is 6. The lowest BCUT2D eigenvalue weighted by Crippen LogP contribution is -2.40. The van der Waals surface area contributed by atoms with Crippen LogP contribution in [0.2, 0.25) is 0 Å². The van der Waals surface area contributed by atoms with Crippen LogP contribution in [0.5, 0.6) is 0 Å². The van der Waals surface area contributed by atoms with E-state index in [2.05, 4.69) is 266 Å². The van der Waals surface area contributed by atoms with Gasteiger partial charge in [0.15, 0.2) is 0 Å². The molecule has 2 nitrogen and oxygen atoms in total. The van der Waals surface area contributed by atoms with Gasteiger partial charge in [0.1, 0.15) is 0 Å². The summed E-state index contributed by atoms with van der Waals surface area (Å²) in [5, 5.41) is 2.48. The first-order valence-electron chi connectivity index (χ1n) is 23.1. The van der Waals surface area contributed by atoms with Crippen LogP contribution in [0.3, 0.4) is 0 Å². The first kappa shape index (κ1) is 38.3. The van der Waals surface area contributed by atoms with Crippen molar-refractivity contribution in [1.82, 2.24) is 4.57 Å². The van der Waals surface area contributed by atoms with Crippen molar-refractivity contribution in [3.8, 4) is 39.1 Å². The highest BCUT2D eigenvalue weighted by Crippen LogP contribution is 2.62. The number of hydrogen-bond acceptors (Lipinski definition) is 1. The number of nitrogens with zero attached hydrogens (tertiary/aromatic N) is 2. The van der Waals surface area contributed by atoms with Crippen LogP contribution < -0.4 is 4.90 Å². The van der Waals surface area contributed by atoms with Crippen LogP contribution in [0, 0.1) is 0 Å². The number of fused-ring (bicyclic) bond motifs is 12. The summed E-state index contributed by atoms with van der Waals surface area (Å²) in [6.45, 7) is 4.78. The first-order chi connectivity index (χ1) is 32.5. The maximum absolute atomic E-state index is 2.49. The van der Waals surface area contributed by atoms with Gasteiger partial charge in [0.25, 0.3) is 0 Å². The minimum absolute atomic E-state index is 0.139. The fourth-order valence-corrected chi connectivity index (χ4v) is 11.7. The van der Waals surface area contributed by atoms with Gasteiger partial charge in [-0.25, -0.2) is 0 Å². The van der Waals surface area contributed by atoms with E-state index in [0.29, 0.717) is 0 Å². The Morgan fingerprint density at radius 2 is 0.788 bits per heavy atom. The van der Waals surface area contributed by atoms with Crippen molar-refractivity contribution in [2.24, 2.45) is 0 Å². The molecule has 11 aromatic rings. The molecule has 0 saturated carbocycles. The maximum atomic E-state index is 2.49. The van der Waals surface area contributed by atoms with E-state index < -0.39 is 5.41 Å².